The van der Waals surface area contributed by atoms with Gasteiger partial charge in [0.2, 0.25) is 5.95 Å². The van der Waals surface area contributed by atoms with Crippen LogP contribution in [0.15, 0.2) is 36.4 Å². The second-order valence-corrected chi connectivity index (χ2v) is 6.04. The van der Waals surface area contributed by atoms with Crippen molar-refractivity contribution in [3.05, 3.63) is 53.5 Å². The van der Waals surface area contributed by atoms with Crippen molar-refractivity contribution in [2.24, 2.45) is 0 Å². The van der Waals surface area contributed by atoms with Crippen LogP contribution in [0.3, 0.4) is 0 Å². The lowest BCUT2D eigenvalue weighted by atomic mass is 10.1. The van der Waals surface area contributed by atoms with Crippen LogP contribution >= 0.6 is 0 Å². The molecule has 1 aromatic carbocycles. The van der Waals surface area contributed by atoms with Gasteiger partial charge in [-0.1, -0.05) is 44.2 Å². The highest BCUT2D eigenvalue weighted by Gasteiger charge is 2.11. The average molecular weight is 339 g/mol. The SMILES string of the molecule is CC(C)c1nc(NC(=O)Nc2cc(CCc3ccccc3)[nH]n2)n[nH]1. The molecule has 0 fully saturated rings. The molecule has 0 spiro atoms. The molecule has 2 heterocycles. The molecule has 25 heavy (non-hydrogen) atoms. The fraction of sp³-hybridized carbons (Fsp3) is 0.294. The number of nitrogens with zero attached hydrogens (tertiary/aromatic N) is 3. The summed E-state index contributed by atoms with van der Waals surface area (Å²) >= 11 is 0. The van der Waals surface area contributed by atoms with E-state index in [1.165, 1.54) is 5.56 Å². The van der Waals surface area contributed by atoms with Gasteiger partial charge < -0.3 is 0 Å². The van der Waals surface area contributed by atoms with Crippen LogP contribution in [0.1, 0.15) is 36.8 Å². The Morgan fingerprint density at radius 1 is 1.08 bits per heavy atom. The van der Waals surface area contributed by atoms with Gasteiger partial charge in [-0.15, -0.1) is 5.10 Å². The summed E-state index contributed by atoms with van der Waals surface area (Å²) in [7, 11) is 0. The highest BCUT2D eigenvalue weighted by Crippen LogP contribution is 2.12. The minimum Gasteiger partial charge on any atom is -0.291 e. The minimum atomic E-state index is -0.435. The molecule has 0 unspecified atom stereocenters. The van der Waals surface area contributed by atoms with Gasteiger partial charge in [-0.3, -0.25) is 20.8 Å². The number of carbonyl (C=O) groups is 1. The van der Waals surface area contributed by atoms with Crippen LogP contribution in [0.2, 0.25) is 0 Å². The van der Waals surface area contributed by atoms with E-state index < -0.39 is 6.03 Å². The van der Waals surface area contributed by atoms with Gasteiger partial charge in [0.25, 0.3) is 0 Å². The number of anilines is 2. The van der Waals surface area contributed by atoms with Crippen LogP contribution in [0.4, 0.5) is 16.6 Å². The molecule has 0 bridgehead atoms. The van der Waals surface area contributed by atoms with Gasteiger partial charge in [0, 0.05) is 17.7 Å². The van der Waals surface area contributed by atoms with E-state index in [-0.39, 0.29) is 11.9 Å². The second kappa shape index (κ2) is 7.61. The number of benzene rings is 1. The first-order chi connectivity index (χ1) is 12.1. The zero-order chi connectivity index (χ0) is 17.6. The Morgan fingerprint density at radius 2 is 1.88 bits per heavy atom. The molecule has 8 nitrogen and oxygen atoms in total. The molecular weight excluding hydrogens is 318 g/mol. The summed E-state index contributed by atoms with van der Waals surface area (Å²) in [5.41, 5.74) is 2.22. The lowest BCUT2D eigenvalue weighted by Gasteiger charge is -2.01. The molecule has 0 atom stereocenters. The van der Waals surface area contributed by atoms with E-state index in [2.05, 4.69) is 48.1 Å². The van der Waals surface area contributed by atoms with Crippen LogP contribution in [0.25, 0.3) is 0 Å². The fourth-order valence-corrected chi connectivity index (χ4v) is 2.31. The molecule has 2 aromatic heterocycles. The number of hydrogen-bond acceptors (Lipinski definition) is 4. The van der Waals surface area contributed by atoms with Crippen molar-refractivity contribution in [3.8, 4) is 0 Å². The molecule has 4 N–H and O–H groups in total. The van der Waals surface area contributed by atoms with E-state index in [1.807, 2.05) is 38.1 Å². The number of amides is 2. The average Bonchev–Trinajstić information content (AvgIpc) is 3.23. The van der Waals surface area contributed by atoms with Gasteiger partial charge >= 0.3 is 6.03 Å². The summed E-state index contributed by atoms with van der Waals surface area (Å²) in [6, 6.07) is 11.6. The van der Waals surface area contributed by atoms with E-state index in [0.717, 1.165) is 24.4 Å². The monoisotopic (exact) mass is 339 g/mol. The Morgan fingerprint density at radius 3 is 2.60 bits per heavy atom. The van der Waals surface area contributed by atoms with Crippen molar-refractivity contribution in [2.75, 3.05) is 10.6 Å². The summed E-state index contributed by atoms with van der Waals surface area (Å²) in [6.07, 6.45) is 1.73. The first-order valence-corrected chi connectivity index (χ1v) is 8.18. The van der Waals surface area contributed by atoms with Gasteiger partial charge in [0.1, 0.15) is 5.82 Å². The Balaban J connectivity index is 1.51. The maximum atomic E-state index is 12.0. The molecule has 0 aliphatic heterocycles. The lowest BCUT2D eigenvalue weighted by molar-refractivity contribution is 0.262. The Bertz CT molecular complexity index is 822. The zero-order valence-corrected chi connectivity index (χ0v) is 14.2. The van der Waals surface area contributed by atoms with E-state index >= 15 is 0 Å². The third kappa shape index (κ3) is 4.66. The quantitative estimate of drug-likeness (QED) is 0.553. The van der Waals surface area contributed by atoms with E-state index in [1.54, 1.807) is 0 Å². The highest BCUT2D eigenvalue weighted by atomic mass is 16.2. The van der Waals surface area contributed by atoms with Gasteiger partial charge in [-0.05, 0) is 18.4 Å². The second-order valence-electron chi connectivity index (χ2n) is 6.04. The number of rotatable bonds is 6. The molecule has 2 amide bonds. The summed E-state index contributed by atoms with van der Waals surface area (Å²) in [5, 5.41) is 19.0. The number of aromatic amines is 2. The van der Waals surface area contributed by atoms with Crippen molar-refractivity contribution in [1.29, 1.82) is 0 Å². The first-order valence-electron chi connectivity index (χ1n) is 8.18. The maximum absolute atomic E-state index is 12.0. The van der Waals surface area contributed by atoms with E-state index in [0.29, 0.717) is 5.82 Å². The van der Waals surface area contributed by atoms with Gasteiger partial charge in [0.15, 0.2) is 5.82 Å². The summed E-state index contributed by atoms with van der Waals surface area (Å²) < 4.78 is 0. The minimum absolute atomic E-state index is 0.213. The van der Waals surface area contributed by atoms with Crippen LogP contribution < -0.4 is 10.6 Å². The third-order valence-electron chi connectivity index (χ3n) is 3.67. The van der Waals surface area contributed by atoms with Crippen molar-refractivity contribution < 1.29 is 4.79 Å². The summed E-state index contributed by atoms with van der Waals surface area (Å²) in [5.74, 6) is 1.63. The Labute approximate surface area is 145 Å². The van der Waals surface area contributed by atoms with E-state index in [9.17, 15) is 4.79 Å². The largest absolute Gasteiger partial charge is 0.327 e. The van der Waals surface area contributed by atoms with Crippen molar-refractivity contribution in [2.45, 2.75) is 32.6 Å². The molecule has 0 radical (unpaired) electrons. The Hall–Kier alpha value is -3.16. The number of carbonyl (C=O) groups excluding carboxylic acids is 1. The van der Waals surface area contributed by atoms with E-state index in [4.69, 9.17) is 0 Å². The number of hydrogen-bond donors (Lipinski definition) is 4. The van der Waals surface area contributed by atoms with Gasteiger partial charge in [-0.2, -0.15) is 10.1 Å². The number of H-pyrrole nitrogens is 2. The highest BCUT2D eigenvalue weighted by molar-refractivity contribution is 5.97. The normalized spacial score (nSPS) is 10.8. The molecule has 130 valence electrons. The number of urea groups is 1. The molecule has 0 saturated heterocycles. The third-order valence-corrected chi connectivity index (χ3v) is 3.67. The van der Waals surface area contributed by atoms with Crippen LogP contribution in [0, 0.1) is 0 Å². The first kappa shape index (κ1) is 16.7. The summed E-state index contributed by atoms with van der Waals surface area (Å²) in [6.45, 7) is 3.98. The summed E-state index contributed by atoms with van der Waals surface area (Å²) in [4.78, 5) is 16.2. The number of nitrogens with one attached hydrogen (secondary N) is 4. The smallest absolute Gasteiger partial charge is 0.291 e. The van der Waals surface area contributed by atoms with Crippen molar-refractivity contribution >= 4 is 17.8 Å². The maximum Gasteiger partial charge on any atom is 0.327 e. The van der Waals surface area contributed by atoms with Gasteiger partial charge in [0.05, 0.1) is 0 Å². The standard InChI is InChI=1S/C17H21N7O/c1-11(2)15-19-16(24-23-15)20-17(25)18-14-10-13(21-22-14)9-8-12-6-4-3-5-7-12/h3-7,10-11H,8-9H2,1-2H3,(H4,18,19,20,21,22,23,24,25). The Kier molecular flexibility index (Phi) is 5.08. The number of aryl methyl sites for hydroxylation is 2. The fourth-order valence-electron chi connectivity index (χ4n) is 2.31. The molecular formula is C17H21N7O. The van der Waals surface area contributed by atoms with Crippen molar-refractivity contribution in [3.63, 3.8) is 0 Å². The lowest BCUT2D eigenvalue weighted by Crippen LogP contribution is -2.20. The van der Waals surface area contributed by atoms with Crippen molar-refractivity contribution in [1.82, 2.24) is 25.4 Å². The van der Waals surface area contributed by atoms with Crippen LogP contribution in [0.5, 0.6) is 0 Å². The van der Waals surface area contributed by atoms with Crippen LogP contribution in [-0.4, -0.2) is 31.4 Å². The molecule has 0 aliphatic rings. The topological polar surface area (TPSA) is 111 Å². The van der Waals surface area contributed by atoms with Gasteiger partial charge in [-0.25, -0.2) is 4.79 Å². The molecule has 8 heteroatoms. The predicted molar refractivity (Wildman–Crippen MR) is 95.6 cm³/mol. The predicted octanol–water partition coefficient (Wildman–Crippen LogP) is 3.08. The molecule has 0 aliphatic carbocycles. The molecule has 0 saturated carbocycles. The zero-order valence-electron chi connectivity index (χ0n) is 14.2. The molecule has 3 rings (SSSR count). The van der Waals surface area contributed by atoms with Crippen LogP contribution in [-0.2, 0) is 12.8 Å². The molecule has 3 aromatic rings. The number of aromatic nitrogens is 5.